The van der Waals surface area contributed by atoms with E-state index in [9.17, 15) is 30.3 Å². The van der Waals surface area contributed by atoms with Crippen molar-refractivity contribution >= 4 is 39.2 Å². The number of aliphatic hydroxyl groups excluding tert-OH is 3. The number of likely N-dealkylation sites (N-methyl/N-ethyl adjacent to an activating group) is 1. The van der Waals surface area contributed by atoms with Crippen LogP contribution in [0.2, 0.25) is 0 Å². The van der Waals surface area contributed by atoms with E-state index in [1.165, 1.54) is 14.0 Å². The second-order valence-corrected chi connectivity index (χ2v) is 19.5. The van der Waals surface area contributed by atoms with Gasteiger partial charge < -0.3 is 58.9 Å². The van der Waals surface area contributed by atoms with Gasteiger partial charge in [-0.1, -0.05) is 33.6 Å². The lowest BCUT2D eigenvalue weighted by atomic mass is 9.77. The molecule has 0 amide bonds. The zero-order valence-electron chi connectivity index (χ0n) is 38.4. The number of unbranched alkanes of at least 4 members (excludes halogenated alkanes) is 3. The third kappa shape index (κ3) is 14.1. The van der Waals surface area contributed by atoms with E-state index in [4.69, 9.17) is 28.4 Å². The smallest absolute Gasteiger partial charge is 0.311 e. The number of carbonyl (C=O) groups is 1. The van der Waals surface area contributed by atoms with Crippen molar-refractivity contribution in [3.05, 3.63) is 0 Å². The molecule has 350 valence electrons. The van der Waals surface area contributed by atoms with Gasteiger partial charge in [0.1, 0.15) is 30.0 Å². The van der Waals surface area contributed by atoms with Gasteiger partial charge in [0.15, 0.2) is 12.6 Å². The number of methoxy groups -OCH3 is 1. The fraction of sp³-hybridized carbons (Fsp3) is 0.977. The van der Waals surface area contributed by atoms with E-state index in [0.29, 0.717) is 19.5 Å². The number of rotatable bonds is 13. The molecule has 0 bridgehead atoms. The van der Waals surface area contributed by atoms with E-state index in [0.717, 1.165) is 31.8 Å². The number of nitrogens with zero attached hydrogens (tertiary/aromatic N) is 2. The molecule has 0 aromatic rings. The van der Waals surface area contributed by atoms with Gasteiger partial charge in [0.25, 0.3) is 0 Å². The molecule has 3 aliphatic heterocycles. The van der Waals surface area contributed by atoms with E-state index in [2.05, 4.69) is 21.1 Å². The maximum atomic E-state index is 14.4. The van der Waals surface area contributed by atoms with Crippen LogP contribution in [0.4, 0.5) is 0 Å². The molecule has 19 atom stereocenters. The van der Waals surface area contributed by atoms with Crippen LogP contribution in [-0.4, -0.2) is 172 Å². The molecular weight excluding hydrogens is 894 g/mol. The summed E-state index contributed by atoms with van der Waals surface area (Å²) in [7, 11) is 8.08. The third-order valence-electron chi connectivity index (χ3n) is 13.4. The fourth-order valence-electron chi connectivity index (χ4n) is 9.71. The molecule has 5 N–H and O–H groups in total. The minimum atomic E-state index is -1.81. The third-order valence-corrected chi connectivity index (χ3v) is 13.8. The van der Waals surface area contributed by atoms with E-state index in [1.807, 2.05) is 39.8 Å². The van der Waals surface area contributed by atoms with Crippen LogP contribution >= 0.6 is 33.2 Å². The quantitative estimate of drug-likeness (QED) is 0.0763. The highest BCUT2D eigenvalue weighted by atomic mass is 127. The zero-order valence-corrected chi connectivity index (χ0v) is 41.9. The van der Waals surface area contributed by atoms with Gasteiger partial charge in [0.2, 0.25) is 0 Å². The highest BCUT2D eigenvalue weighted by Crippen LogP contribution is 2.40. The Morgan fingerprint density at radius 3 is 2.12 bits per heavy atom. The Morgan fingerprint density at radius 2 is 1.54 bits per heavy atom. The van der Waals surface area contributed by atoms with E-state index < -0.39 is 96.0 Å². The molecule has 0 aliphatic carbocycles. The molecule has 59 heavy (non-hydrogen) atoms. The van der Waals surface area contributed by atoms with Crippen molar-refractivity contribution in [3.63, 3.8) is 0 Å². The Kier molecular flexibility index (Phi) is 22.4. The fourth-order valence-corrected chi connectivity index (χ4v) is 10.0. The minimum absolute atomic E-state index is 0. The predicted octanol–water partition coefficient (Wildman–Crippen LogP) is 4.32. The van der Waals surface area contributed by atoms with Crippen LogP contribution < -0.4 is 0 Å². The molecule has 0 saturated carbocycles. The normalized spacial score (nSPS) is 44.9. The molecule has 3 saturated heterocycles. The van der Waals surface area contributed by atoms with Crippen molar-refractivity contribution in [3.8, 4) is 0 Å². The van der Waals surface area contributed by atoms with Crippen LogP contribution in [0.1, 0.15) is 121 Å². The first-order valence-electron chi connectivity index (χ1n) is 21.9. The maximum absolute atomic E-state index is 14.4. The topological polar surface area (TPSA) is 180 Å². The van der Waals surface area contributed by atoms with E-state index in [-0.39, 0.29) is 61.3 Å². The second-order valence-electron chi connectivity index (χ2n) is 18.9. The minimum Gasteiger partial charge on any atom is -0.459 e. The van der Waals surface area contributed by atoms with Gasteiger partial charge in [-0.3, -0.25) is 9.69 Å². The number of hydrogen-bond acceptors (Lipinski definition) is 14. The summed E-state index contributed by atoms with van der Waals surface area (Å²) >= 11 is 0. The van der Waals surface area contributed by atoms with Crippen LogP contribution in [0.25, 0.3) is 0 Å². The SMILES string of the molecule is CC[C@H]1OC(=O)[C@H](C)[C@@H](O[C@H]2C[C@@](C)(OC)[C@@H](O)[C@H](C)O2)[C@H](C)[C@@H](O[C@@H]2O[C@H](C)C[C@H](N(C)C)[C@H]2O)[C@](C)(O)C[C@@H](C)CN(CCCCCCP)[C@H](C)[C@@H](O)[C@]1(C)O.I. The maximum Gasteiger partial charge on any atom is 0.311 e. The van der Waals surface area contributed by atoms with Crippen molar-refractivity contribution in [1.82, 2.24) is 9.80 Å². The largest absolute Gasteiger partial charge is 0.459 e. The Hall–Kier alpha value is 0.150. The number of halogens is 1. The van der Waals surface area contributed by atoms with Gasteiger partial charge in [-0.05, 0) is 113 Å². The Bertz CT molecular complexity index is 1260. The van der Waals surface area contributed by atoms with Crippen molar-refractivity contribution in [2.75, 3.05) is 40.5 Å². The summed E-state index contributed by atoms with van der Waals surface area (Å²) in [6.45, 7) is 19.1. The number of ether oxygens (including phenoxy) is 6. The molecule has 1 unspecified atom stereocenters. The number of esters is 1. The number of hydrogen-bond donors (Lipinski definition) is 5. The number of carbonyl (C=O) groups excluding carboxylic acids is 1. The van der Waals surface area contributed by atoms with Crippen molar-refractivity contribution in [2.45, 2.75) is 211 Å². The highest BCUT2D eigenvalue weighted by Gasteiger charge is 2.53. The Labute approximate surface area is 375 Å². The molecule has 3 fully saturated rings. The number of aliphatic hydroxyl groups is 5. The summed E-state index contributed by atoms with van der Waals surface area (Å²) in [5.74, 6) is -2.58. The molecule has 3 rings (SSSR count). The van der Waals surface area contributed by atoms with Crippen LogP contribution in [0.5, 0.6) is 0 Å². The molecule has 16 heteroatoms. The van der Waals surface area contributed by atoms with E-state index in [1.54, 1.807) is 34.6 Å². The van der Waals surface area contributed by atoms with Gasteiger partial charge in [0, 0.05) is 38.1 Å². The average Bonchev–Trinajstić information content (AvgIpc) is 3.15. The standard InChI is InChI=1S/C43H83N2O12P.HI/c1-14-32-43(10,51)36(47)29(6)45(19-17-15-16-18-20-58)24-25(2)22-41(8,50)38(57-40-34(46)31(44(11)12)21-26(3)53-40)27(4)35(28(5)39(49)55-32)56-33-23-42(9,52-13)37(48)30(7)54-33;/h25-38,40,46-48,50-51H,14-24,58H2,1-13H3;1H/t25-,26-,27+,28-,29-,30+,31+,32-,33+,34-,35+,36-,37+,38-,40+,41-,42-,43-;/m1./s1. The summed E-state index contributed by atoms with van der Waals surface area (Å²) in [5.41, 5.74) is -4.40. The Balaban J connectivity index is 0.0000120. The van der Waals surface area contributed by atoms with Crippen molar-refractivity contribution < 1.29 is 58.7 Å². The zero-order chi connectivity index (χ0) is 43.9. The summed E-state index contributed by atoms with van der Waals surface area (Å²) in [6.07, 6.45) is -3.07. The van der Waals surface area contributed by atoms with Gasteiger partial charge in [-0.25, -0.2) is 0 Å². The van der Waals surface area contributed by atoms with E-state index >= 15 is 0 Å². The van der Waals surface area contributed by atoms with Crippen LogP contribution in [0, 0.1) is 17.8 Å². The van der Waals surface area contributed by atoms with Crippen molar-refractivity contribution in [1.29, 1.82) is 0 Å². The summed E-state index contributed by atoms with van der Waals surface area (Å²) in [6, 6.07) is -0.796. The lowest BCUT2D eigenvalue weighted by Crippen LogP contribution is -2.60. The number of cyclic esters (lactones) is 1. The second kappa shape index (κ2) is 23.9. The summed E-state index contributed by atoms with van der Waals surface area (Å²) in [5, 5.41) is 59.4. The van der Waals surface area contributed by atoms with Gasteiger partial charge in [-0.15, -0.1) is 33.2 Å². The lowest BCUT2D eigenvalue weighted by Gasteiger charge is -2.48. The molecule has 0 spiro atoms. The first kappa shape index (κ1) is 55.3. The predicted molar refractivity (Wildman–Crippen MR) is 242 cm³/mol. The van der Waals surface area contributed by atoms with Gasteiger partial charge >= 0.3 is 5.97 Å². The molecule has 0 radical (unpaired) electrons. The molecule has 14 nitrogen and oxygen atoms in total. The highest BCUT2D eigenvalue weighted by molar-refractivity contribution is 14.0. The van der Waals surface area contributed by atoms with Crippen LogP contribution in [0.3, 0.4) is 0 Å². The summed E-state index contributed by atoms with van der Waals surface area (Å²) < 4.78 is 38.0. The first-order chi connectivity index (χ1) is 26.9. The average molecular weight is 979 g/mol. The van der Waals surface area contributed by atoms with Gasteiger partial charge in [-0.2, -0.15) is 0 Å². The Morgan fingerprint density at radius 1 is 0.915 bits per heavy atom. The molecule has 3 heterocycles. The van der Waals surface area contributed by atoms with Crippen LogP contribution in [-0.2, 0) is 33.2 Å². The molecular formula is C43H84IN2O12P. The molecule has 3 aliphatic rings. The lowest BCUT2D eigenvalue weighted by molar-refractivity contribution is -0.318. The van der Waals surface area contributed by atoms with Crippen LogP contribution in [0.15, 0.2) is 0 Å². The van der Waals surface area contributed by atoms with Crippen molar-refractivity contribution in [2.24, 2.45) is 17.8 Å². The monoisotopic (exact) mass is 978 g/mol. The molecule has 0 aromatic heterocycles. The summed E-state index contributed by atoms with van der Waals surface area (Å²) in [4.78, 5) is 18.5. The van der Waals surface area contributed by atoms with Gasteiger partial charge in [0.05, 0.1) is 41.5 Å². The molecule has 0 aromatic carbocycles. The first-order valence-corrected chi connectivity index (χ1v) is 22.7.